The van der Waals surface area contributed by atoms with Crippen LogP contribution in [-0.2, 0) is 13.0 Å². The zero-order valence-electron chi connectivity index (χ0n) is 8.29. The average molecular weight is 233 g/mol. The number of nitrogens with zero attached hydrogens (tertiary/aromatic N) is 2. The highest BCUT2D eigenvalue weighted by atomic mass is 35.5. The van der Waals surface area contributed by atoms with E-state index in [9.17, 15) is 4.79 Å². The minimum Gasteiger partial charge on any atom is -0.296 e. The maximum Gasteiger partial charge on any atom is 0.255 e. The Morgan fingerprint density at radius 1 is 1.64 bits per heavy atom. The van der Waals surface area contributed by atoms with Gasteiger partial charge < -0.3 is 0 Å². The minimum absolute atomic E-state index is 0.0594. The Balaban J connectivity index is 3.06. The van der Waals surface area contributed by atoms with Crippen LogP contribution in [0.25, 0.3) is 0 Å². The summed E-state index contributed by atoms with van der Waals surface area (Å²) in [5.74, 6) is 1.67. The molecular formula is C9H13ClN2OS. The molecule has 0 N–H and O–H groups in total. The van der Waals surface area contributed by atoms with Gasteiger partial charge in [-0.05, 0) is 6.26 Å². The molecule has 14 heavy (non-hydrogen) atoms. The fraction of sp³-hybridized carbons (Fsp3) is 0.556. The molecule has 5 heteroatoms. The molecule has 0 amide bonds. The lowest BCUT2D eigenvalue weighted by Crippen LogP contribution is -2.25. The van der Waals surface area contributed by atoms with Crippen molar-refractivity contribution in [2.45, 2.75) is 19.9 Å². The second kappa shape index (κ2) is 5.41. The quantitative estimate of drug-likeness (QED) is 0.743. The highest BCUT2D eigenvalue weighted by molar-refractivity contribution is 7.98. The monoisotopic (exact) mass is 232 g/mol. The van der Waals surface area contributed by atoms with Crippen LogP contribution in [0.2, 0.25) is 5.15 Å². The van der Waals surface area contributed by atoms with Gasteiger partial charge in [-0.25, -0.2) is 4.98 Å². The van der Waals surface area contributed by atoms with Gasteiger partial charge in [0, 0.05) is 24.8 Å². The minimum atomic E-state index is -0.0594. The summed E-state index contributed by atoms with van der Waals surface area (Å²) < 4.78 is 1.68. The van der Waals surface area contributed by atoms with Crippen LogP contribution in [0, 0.1) is 0 Å². The molecule has 0 bridgehead atoms. The third kappa shape index (κ3) is 2.75. The molecular weight excluding hydrogens is 220 g/mol. The molecule has 0 fully saturated rings. The number of halogens is 1. The van der Waals surface area contributed by atoms with Crippen LogP contribution in [0.4, 0.5) is 0 Å². The molecule has 0 radical (unpaired) electrons. The van der Waals surface area contributed by atoms with E-state index in [-0.39, 0.29) is 10.7 Å². The summed E-state index contributed by atoms with van der Waals surface area (Å²) in [7, 11) is 0. The van der Waals surface area contributed by atoms with Crippen molar-refractivity contribution in [3.63, 3.8) is 0 Å². The van der Waals surface area contributed by atoms with Crippen molar-refractivity contribution < 1.29 is 0 Å². The largest absolute Gasteiger partial charge is 0.296 e. The van der Waals surface area contributed by atoms with Crippen molar-refractivity contribution in [3.05, 3.63) is 27.4 Å². The van der Waals surface area contributed by atoms with Crippen molar-refractivity contribution in [1.29, 1.82) is 0 Å². The van der Waals surface area contributed by atoms with Gasteiger partial charge in [0.05, 0.1) is 0 Å². The summed E-state index contributed by atoms with van der Waals surface area (Å²) in [6.45, 7) is 2.67. The number of rotatable bonds is 4. The molecule has 0 aliphatic carbocycles. The Kier molecular flexibility index (Phi) is 4.48. The van der Waals surface area contributed by atoms with Crippen LogP contribution in [-0.4, -0.2) is 21.6 Å². The van der Waals surface area contributed by atoms with Crippen LogP contribution in [0.3, 0.4) is 0 Å². The number of hydrogen-bond donors (Lipinski definition) is 0. The number of thioether (sulfide) groups is 1. The van der Waals surface area contributed by atoms with Gasteiger partial charge in [0.25, 0.3) is 5.56 Å². The van der Waals surface area contributed by atoms with E-state index in [0.29, 0.717) is 6.54 Å². The maximum absolute atomic E-state index is 11.6. The Bertz CT molecular complexity index is 364. The van der Waals surface area contributed by atoms with E-state index in [1.165, 1.54) is 6.07 Å². The molecule has 78 valence electrons. The standard InChI is InChI=1S/C9H13ClN2OS/c1-3-8-11-7(10)6-9(13)12(8)4-5-14-2/h6H,3-5H2,1-2H3. The molecule has 1 aromatic heterocycles. The van der Waals surface area contributed by atoms with Crippen molar-refractivity contribution in [3.8, 4) is 0 Å². The molecule has 0 atom stereocenters. The van der Waals surface area contributed by atoms with Crippen molar-refractivity contribution in [2.75, 3.05) is 12.0 Å². The van der Waals surface area contributed by atoms with Gasteiger partial charge in [-0.1, -0.05) is 18.5 Å². The van der Waals surface area contributed by atoms with Crippen molar-refractivity contribution in [1.82, 2.24) is 9.55 Å². The maximum atomic E-state index is 11.6. The third-order valence-electron chi connectivity index (χ3n) is 1.89. The van der Waals surface area contributed by atoms with E-state index in [1.54, 1.807) is 16.3 Å². The first-order chi connectivity index (χ1) is 6.69. The highest BCUT2D eigenvalue weighted by Crippen LogP contribution is 2.04. The summed E-state index contributed by atoms with van der Waals surface area (Å²) in [6, 6.07) is 1.36. The molecule has 1 heterocycles. The van der Waals surface area contributed by atoms with Gasteiger partial charge in [0.2, 0.25) is 0 Å². The van der Waals surface area contributed by atoms with Gasteiger partial charge in [-0.2, -0.15) is 11.8 Å². The fourth-order valence-electron chi connectivity index (χ4n) is 1.21. The van der Waals surface area contributed by atoms with Gasteiger partial charge in [-0.3, -0.25) is 9.36 Å². The second-order valence-electron chi connectivity index (χ2n) is 2.83. The van der Waals surface area contributed by atoms with Crippen LogP contribution >= 0.6 is 23.4 Å². The van der Waals surface area contributed by atoms with Crippen LogP contribution in [0.15, 0.2) is 10.9 Å². The second-order valence-corrected chi connectivity index (χ2v) is 4.20. The van der Waals surface area contributed by atoms with Crippen LogP contribution < -0.4 is 5.56 Å². The predicted molar refractivity (Wildman–Crippen MR) is 61.3 cm³/mol. The SMILES string of the molecule is CCc1nc(Cl)cc(=O)n1CCSC. The Hall–Kier alpha value is -0.480. The fourth-order valence-corrected chi connectivity index (χ4v) is 1.77. The van der Waals surface area contributed by atoms with E-state index in [1.807, 2.05) is 13.2 Å². The molecule has 0 aliphatic heterocycles. The van der Waals surface area contributed by atoms with Gasteiger partial charge in [-0.15, -0.1) is 0 Å². The zero-order chi connectivity index (χ0) is 10.6. The third-order valence-corrected chi connectivity index (χ3v) is 2.68. The number of aryl methyl sites for hydroxylation is 1. The van der Waals surface area contributed by atoms with Gasteiger partial charge in [0.1, 0.15) is 11.0 Å². The molecule has 0 aliphatic rings. The highest BCUT2D eigenvalue weighted by Gasteiger charge is 2.05. The van der Waals surface area contributed by atoms with Gasteiger partial charge >= 0.3 is 0 Å². The van der Waals surface area contributed by atoms with Crippen LogP contribution in [0.5, 0.6) is 0 Å². The van der Waals surface area contributed by atoms with Crippen LogP contribution in [0.1, 0.15) is 12.7 Å². The summed E-state index contributed by atoms with van der Waals surface area (Å²) in [5, 5.41) is 0.284. The number of hydrogen-bond acceptors (Lipinski definition) is 3. The summed E-state index contributed by atoms with van der Waals surface area (Å²) in [5.41, 5.74) is -0.0594. The lowest BCUT2D eigenvalue weighted by molar-refractivity contribution is 0.658. The van der Waals surface area contributed by atoms with Crippen molar-refractivity contribution >= 4 is 23.4 Å². The lowest BCUT2D eigenvalue weighted by Gasteiger charge is -2.09. The number of aromatic nitrogens is 2. The zero-order valence-corrected chi connectivity index (χ0v) is 9.86. The Morgan fingerprint density at radius 3 is 2.93 bits per heavy atom. The Labute approximate surface area is 92.5 Å². The van der Waals surface area contributed by atoms with Crippen molar-refractivity contribution in [2.24, 2.45) is 0 Å². The molecule has 0 saturated heterocycles. The smallest absolute Gasteiger partial charge is 0.255 e. The van der Waals surface area contributed by atoms with Gasteiger partial charge in [0.15, 0.2) is 0 Å². The lowest BCUT2D eigenvalue weighted by atomic mass is 10.4. The molecule has 1 aromatic rings. The predicted octanol–water partition coefficient (Wildman–Crippen LogP) is 1.82. The van der Waals surface area contributed by atoms with E-state index < -0.39 is 0 Å². The molecule has 0 unspecified atom stereocenters. The van der Waals surface area contributed by atoms with E-state index in [4.69, 9.17) is 11.6 Å². The average Bonchev–Trinajstić information content (AvgIpc) is 2.15. The summed E-state index contributed by atoms with van der Waals surface area (Å²) >= 11 is 7.41. The molecule has 0 spiro atoms. The molecule has 0 saturated carbocycles. The van der Waals surface area contributed by atoms with E-state index in [2.05, 4.69) is 4.98 Å². The Morgan fingerprint density at radius 2 is 2.36 bits per heavy atom. The normalized spacial score (nSPS) is 10.5. The van der Waals surface area contributed by atoms with E-state index in [0.717, 1.165) is 18.0 Å². The molecule has 0 aromatic carbocycles. The first kappa shape index (κ1) is 11.6. The summed E-state index contributed by atoms with van der Waals surface area (Å²) in [6.07, 6.45) is 2.74. The first-order valence-electron chi connectivity index (χ1n) is 4.44. The topological polar surface area (TPSA) is 34.9 Å². The molecule has 3 nitrogen and oxygen atoms in total. The molecule has 1 rings (SSSR count). The summed E-state index contributed by atoms with van der Waals surface area (Å²) in [4.78, 5) is 15.7. The first-order valence-corrected chi connectivity index (χ1v) is 6.21. The van der Waals surface area contributed by atoms with E-state index >= 15 is 0 Å².